The fourth-order valence-corrected chi connectivity index (χ4v) is 4.47. The first-order valence-electron chi connectivity index (χ1n) is 7.19. The van der Waals surface area contributed by atoms with Gasteiger partial charge in [-0.2, -0.15) is 0 Å². The number of halogens is 1. The first-order chi connectivity index (χ1) is 9.22. The van der Waals surface area contributed by atoms with Crippen molar-refractivity contribution in [1.82, 2.24) is 4.90 Å². The second-order valence-corrected chi connectivity index (χ2v) is 6.68. The molecule has 3 rings (SSSR count). The van der Waals surface area contributed by atoms with Crippen molar-refractivity contribution in [2.45, 2.75) is 38.5 Å². The zero-order chi connectivity index (χ0) is 13.3. The molecule has 1 aromatic carbocycles. The van der Waals surface area contributed by atoms with Crippen LogP contribution >= 0.6 is 15.9 Å². The number of fused-ring (bicyclic) bond motifs is 1. The Morgan fingerprint density at radius 3 is 2.89 bits per heavy atom. The number of alkyl halides is 1. The van der Waals surface area contributed by atoms with Gasteiger partial charge >= 0.3 is 0 Å². The average Bonchev–Trinajstić information content (AvgIpc) is 2.76. The standard InChI is InChI=1S/C16H22BrNO/c1-13-9-16(11-17)12-18(8-7-15(16)19-13)10-14-5-3-2-4-6-14/h2-6,13,15H,7-12H2,1H3/t13-,15+,16+/m1/s1. The normalized spacial score (nSPS) is 35.3. The van der Waals surface area contributed by atoms with Crippen molar-refractivity contribution in [2.24, 2.45) is 5.41 Å². The maximum absolute atomic E-state index is 6.10. The van der Waals surface area contributed by atoms with E-state index in [0.29, 0.717) is 17.6 Å². The molecular formula is C16H22BrNO. The van der Waals surface area contributed by atoms with E-state index >= 15 is 0 Å². The second kappa shape index (κ2) is 5.55. The van der Waals surface area contributed by atoms with E-state index in [9.17, 15) is 0 Å². The first-order valence-corrected chi connectivity index (χ1v) is 8.32. The monoisotopic (exact) mass is 323 g/mol. The summed E-state index contributed by atoms with van der Waals surface area (Å²) in [5, 5.41) is 1.06. The molecule has 2 aliphatic heterocycles. The summed E-state index contributed by atoms with van der Waals surface area (Å²) in [7, 11) is 0. The number of rotatable bonds is 3. The fourth-order valence-electron chi connectivity index (χ4n) is 3.70. The summed E-state index contributed by atoms with van der Waals surface area (Å²) < 4.78 is 6.10. The molecule has 0 N–H and O–H groups in total. The van der Waals surface area contributed by atoms with Crippen LogP contribution in [0.1, 0.15) is 25.3 Å². The molecule has 0 saturated carbocycles. The first kappa shape index (κ1) is 13.6. The van der Waals surface area contributed by atoms with Gasteiger partial charge in [0.25, 0.3) is 0 Å². The van der Waals surface area contributed by atoms with Crippen molar-refractivity contribution in [3.05, 3.63) is 35.9 Å². The maximum atomic E-state index is 6.10. The lowest BCUT2D eigenvalue weighted by molar-refractivity contribution is -0.0251. The summed E-state index contributed by atoms with van der Waals surface area (Å²) in [6.07, 6.45) is 3.23. The van der Waals surface area contributed by atoms with Gasteiger partial charge < -0.3 is 4.74 Å². The van der Waals surface area contributed by atoms with Crippen LogP contribution in [0.2, 0.25) is 0 Å². The molecular weight excluding hydrogens is 302 g/mol. The lowest BCUT2D eigenvalue weighted by Crippen LogP contribution is -2.50. The smallest absolute Gasteiger partial charge is 0.0668 e. The summed E-state index contributed by atoms with van der Waals surface area (Å²) in [5.74, 6) is 0. The van der Waals surface area contributed by atoms with E-state index in [1.807, 2.05) is 0 Å². The molecule has 3 atom stereocenters. The summed E-state index contributed by atoms with van der Waals surface area (Å²) in [5.41, 5.74) is 1.74. The van der Waals surface area contributed by atoms with Crippen molar-refractivity contribution in [2.75, 3.05) is 18.4 Å². The van der Waals surface area contributed by atoms with Crippen LogP contribution < -0.4 is 0 Å². The predicted molar refractivity (Wildman–Crippen MR) is 81.5 cm³/mol. The van der Waals surface area contributed by atoms with Crippen LogP contribution in [-0.2, 0) is 11.3 Å². The van der Waals surface area contributed by atoms with E-state index in [1.165, 1.54) is 18.4 Å². The zero-order valence-corrected chi connectivity index (χ0v) is 13.1. The van der Waals surface area contributed by atoms with E-state index in [-0.39, 0.29) is 0 Å². The molecule has 2 aliphatic rings. The van der Waals surface area contributed by atoms with Gasteiger partial charge in [-0.3, -0.25) is 4.90 Å². The summed E-state index contributed by atoms with van der Waals surface area (Å²) in [6, 6.07) is 10.8. The highest BCUT2D eigenvalue weighted by Gasteiger charge is 2.49. The Kier molecular flexibility index (Phi) is 3.97. The third-order valence-electron chi connectivity index (χ3n) is 4.53. The number of nitrogens with zero attached hydrogens (tertiary/aromatic N) is 1. The van der Waals surface area contributed by atoms with E-state index in [2.05, 4.69) is 58.1 Å². The van der Waals surface area contributed by atoms with Gasteiger partial charge in [0.2, 0.25) is 0 Å². The second-order valence-electron chi connectivity index (χ2n) is 6.12. The van der Waals surface area contributed by atoms with Crippen LogP contribution in [0.4, 0.5) is 0 Å². The van der Waals surface area contributed by atoms with Gasteiger partial charge in [-0.15, -0.1) is 0 Å². The molecule has 3 heteroatoms. The lowest BCUT2D eigenvalue weighted by atomic mass is 9.77. The Morgan fingerprint density at radius 1 is 1.37 bits per heavy atom. The number of hydrogen-bond donors (Lipinski definition) is 0. The Labute approximate surface area is 124 Å². The molecule has 2 nitrogen and oxygen atoms in total. The minimum Gasteiger partial charge on any atom is -0.375 e. The largest absolute Gasteiger partial charge is 0.375 e. The van der Waals surface area contributed by atoms with Gasteiger partial charge in [0.1, 0.15) is 0 Å². The quantitative estimate of drug-likeness (QED) is 0.790. The third kappa shape index (κ3) is 2.74. The molecule has 0 radical (unpaired) electrons. The van der Waals surface area contributed by atoms with Crippen LogP contribution in [0.15, 0.2) is 30.3 Å². The molecule has 104 valence electrons. The number of piperidine rings is 1. The van der Waals surface area contributed by atoms with Crippen LogP contribution in [0, 0.1) is 5.41 Å². The average molecular weight is 324 g/mol. The lowest BCUT2D eigenvalue weighted by Gasteiger charge is -2.42. The SMILES string of the molecule is C[C@@H]1C[C@]2(CBr)CN(Cc3ccccc3)CC[C@@H]2O1. The Hall–Kier alpha value is -0.380. The molecule has 0 spiro atoms. The van der Waals surface area contributed by atoms with E-state index < -0.39 is 0 Å². The van der Waals surface area contributed by atoms with Crippen LogP contribution in [0.3, 0.4) is 0 Å². The minimum absolute atomic E-state index is 0.326. The summed E-state index contributed by atoms with van der Waals surface area (Å²) in [6.45, 7) is 5.59. The predicted octanol–water partition coefficient (Wildman–Crippen LogP) is 3.45. The van der Waals surface area contributed by atoms with E-state index in [1.54, 1.807) is 0 Å². The maximum Gasteiger partial charge on any atom is 0.0668 e. The highest BCUT2D eigenvalue weighted by atomic mass is 79.9. The van der Waals surface area contributed by atoms with Gasteiger partial charge in [0.15, 0.2) is 0 Å². The minimum atomic E-state index is 0.326. The van der Waals surface area contributed by atoms with Crippen molar-refractivity contribution in [3.63, 3.8) is 0 Å². The van der Waals surface area contributed by atoms with E-state index in [4.69, 9.17) is 4.74 Å². The molecule has 0 bridgehead atoms. The van der Waals surface area contributed by atoms with Gasteiger partial charge in [0, 0.05) is 30.4 Å². The van der Waals surface area contributed by atoms with Crippen molar-refractivity contribution >= 4 is 15.9 Å². The molecule has 2 fully saturated rings. The van der Waals surface area contributed by atoms with Gasteiger partial charge in [-0.05, 0) is 25.3 Å². The number of likely N-dealkylation sites (tertiary alicyclic amines) is 1. The summed E-state index contributed by atoms with van der Waals surface area (Å²) >= 11 is 3.74. The molecule has 1 aromatic rings. The van der Waals surface area contributed by atoms with Crippen LogP contribution in [-0.4, -0.2) is 35.5 Å². The molecule has 2 saturated heterocycles. The Bertz CT molecular complexity index is 424. The topological polar surface area (TPSA) is 12.5 Å². The fraction of sp³-hybridized carbons (Fsp3) is 0.625. The molecule has 0 amide bonds. The number of hydrogen-bond acceptors (Lipinski definition) is 2. The van der Waals surface area contributed by atoms with Gasteiger partial charge in [0.05, 0.1) is 12.2 Å². The highest BCUT2D eigenvalue weighted by molar-refractivity contribution is 9.09. The molecule has 0 unspecified atom stereocenters. The van der Waals surface area contributed by atoms with Crippen LogP contribution in [0.5, 0.6) is 0 Å². The number of ether oxygens (including phenoxy) is 1. The zero-order valence-electron chi connectivity index (χ0n) is 11.5. The van der Waals surface area contributed by atoms with Crippen LogP contribution in [0.25, 0.3) is 0 Å². The van der Waals surface area contributed by atoms with Crippen molar-refractivity contribution in [3.8, 4) is 0 Å². The van der Waals surface area contributed by atoms with Gasteiger partial charge in [-0.25, -0.2) is 0 Å². The third-order valence-corrected chi connectivity index (χ3v) is 5.65. The Balaban J connectivity index is 1.70. The van der Waals surface area contributed by atoms with E-state index in [0.717, 1.165) is 25.0 Å². The summed E-state index contributed by atoms with van der Waals surface area (Å²) in [4.78, 5) is 2.59. The number of benzene rings is 1. The highest BCUT2D eigenvalue weighted by Crippen LogP contribution is 2.45. The van der Waals surface area contributed by atoms with Crippen molar-refractivity contribution in [1.29, 1.82) is 0 Å². The van der Waals surface area contributed by atoms with Crippen molar-refractivity contribution < 1.29 is 4.74 Å². The molecule has 2 heterocycles. The van der Waals surface area contributed by atoms with Gasteiger partial charge in [-0.1, -0.05) is 46.3 Å². The Morgan fingerprint density at radius 2 is 2.16 bits per heavy atom. The molecule has 0 aliphatic carbocycles. The molecule has 0 aromatic heterocycles. The molecule has 19 heavy (non-hydrogen) atoms.